The molecule has 4 rings (SSSR count). The van der Waals surface area contributed by atoms with Crippen LogP contribution in [0.4, 0.5) is 5.69 Å². The fourth-order valence-corrected chi connectivity index (χ4v) is 5.65. The van der Waals surface area contributed by atoms with E-state index in [2.05, 4.69) is 35.0 Å². The number of fused-ring (bicyclic) bond motifs is 1. The molecule has 1 aromatic carbocycles. The number of H-pyrrole nitrogens is 1. The lowest BCUT2D eigenvalue weighted by atomic mass is 9.99. The lowest BCUT2D eigenvalue weighted by molar-refractivity contribution is 0.0546. The third-order valence-corrected chi connectivity index (χ3v) is 7.67. The van der Waals surface area contributed by atoms with Crippen LogP contribution in [0, 0.1) is 19.3 Å². The molecule has 0 bridgehead atoms. The maximum Gasteiger partial charge on any atom is 0.266 e. The molecule has 0 atom stereocenters. The zero-order valence-electron chi connectivity index (χ0n) is 22.0. The van der Waals surface area contributed by atoms with Crippen molar-refractivity contribution in [1.82, 2.24) is 14.8 Å². The van der Waals surface area contributed by atoms with E-state index in [1.54, 1.807) is 0 Å². The number of hydrogen-bond acceptors (Lipinski definition) is 5. The highest BCUT2D eigenvalue weighted by Crippen LogP contribution is 2.29. The largest absolute Gasteiger partial charge is 0.381 e. The molecule has 3 heterocycles. The zero-order valence-corrected chi connectivity index (χ0v) is 22.0. The molecule has 0 spiro atoms. The normalized spacial score (nSPS) is 17.5. The van der Waals surface area contributed by atoms with Crippen LogP contribution in [0.2, 0.25) is 0 Å². The monoisotopic (exact) mass is 492 g/mol. The van der Waals surface area contributed by atoms with Crippen LogP contribution in [-0.4, -0.2) is 72.2 Å². The van der Waals surface area contributed by atoms with Gasteiger partial charge in [-0.3, -0.25) is 14.5 Å². The summed E-state index contributed by atoms with van der Waals surface area (Å²) in [4.78, 5) is 33.9. The Morgan fingerprint density at radius 2 is 1.83 bits per heavy atom. The number of carbonyl (C=O) groups is 1. The van der Waals surface area contributed by atoms with Crippen molar-refractivity contribution < 1.29 is 9.53 Å². The molecule has 0 aliphatic carbocycles. The standard InChI is InChI=1S/C29H40N4O3/c1-5-8-22(9-6-2)32-12-14-33(15-13-32)29(35)24-19-25-26(18-20(24)4)31-28(34)23(7-3)27(25)30-21-10-16-36-17-11-21/h3,18-19,21-22H,5-6,8-17H2,1-2,4H3,(H2,30,31,34). The summed E-state index contributed by atoms with van der Waals surface area (Å²) in [5.41, 5.74) is 2.84. The van der Waals surface area contributed by atoms with Crippen LogP contribution in [0.1, 0.15) is 73.9 Å². The van der Waals surface area contributed by atoms with Gasteiger partial charge < -0.3 is 19.9 Å². The number of rotatable bonds is 8. The first kappa shape index (κ1) is 26.2. The third-order valence-electron chi connectivity index (χ3n) is 7.67. The number of pyridine rings is 1. The maximum atomic E-state index is 13.7. The van der Waals surface area contributed by atoms with Crippen LogP contribution in [0.5, 0.6) is 0 Å². The minimum Gasteiger partial charge on any atom is -0.381 e. The third kappa shape index (κ3) is 5.61. The predicted octanol–water partition coefficient (Wildman–Crippen LogP) is 4.14. The van der Waals surface area contributed by atoms with Crippen LogP contribution < -0.4 is 10.9 Å². The summed E-state index contributed by atoms with van der Waals surface area (Å²) in [5, 5.41) is 4.30. The van der Waals surface area contributed by atoms with Crippen LogP contribution in [0.3, 0.4) is 0 Å². The Morgan fingerprint density at radius 1 is 1.17 bits per heavy atom. The van der Waals surface area contributed by atoms with E-state index < -0.39 is 0 Å². The summed E-state index contributed by atoms with van der Waals surface area (Å²) in [6.07, 6.45) is 12.2. The Bertz CT molecular complexity index is 1160. The highest BCUT2D eigenvalue weighted by Gasteiger charge is 2.27. The number of terminal acetylenes is 1. The molecule has 1 aromatic heterocycles. The molecule has 7 nitrogen and oxygen atoms in total. The van der Waals surface area contributed by atoms with E-state index in [9.17, 15) is 9.59 Å². The van der Waals surface area contributed by atoms with Gasteiger partial charge in [0.25, 0.3) is 11.5 Å². The number of nitrogens with zero attached hydrogens (tertiary/aromatic N) is 2. The smallest absolute Gasteiger partial charge is 0.266 e. The minimum atomic E-state index is -0.289. The van der Waals surface area contributed by atoms with Crippen molar-refractivity contribution in [3.05, 3.63) is 39.2 Å². The SMILES string of the molecule is C#Cc1c(NC2CCOCC2)c2cc(C(=O)N3CCN(C(CCC)CCC)CC3)c(C)cc2[nH]c1=O. The molecule has 2 N–H and O–H groups in total. The molecule has 194 valence electrons. The summed E-state index contributed by atoms with van der Waals surface area (Å²) in [5.74, 6) is 2.61. The van der Waals surface area contributed by atoms with Gasteiger partial charge in [0.1, 0.15) is 5.56 Å². The number of aryl methyl sites for hydroxylation is 1. The molecule has 36 heavy (non-hydrogen) atoms. The van der Waals surface area contributed by atoms with Crippen LogP contribution in [-0.2, 0) is 4.74 Å². The number of hydrogen-bond donors (Lipinski definition) is 2. The van der Waals surface area contributed by atoms with E-state index in [0.29, 0.717) is 36.0 Å². The van der Waals surface area contributed by atoms with Gasteiger partial charge in [0.15, 0.2) is 0 Å². The fraction of sp³-hybridized carbons (Fsp3) is 0.586. The average Bonchev–Trinajstić information content (AvgIpc) is 2.89. The number of carbonyl (C=O) groups excluding carboxylic acids is 1. The predicted molar refractivity (Wildman–Crippen MR) is 146 cm³/mol. The molecule has 7 heteroatoms. The number of benzene rings is 1. The van der Waals surface area contributed by atoms with Crippen LogP contribution in [0.25, 0.3) is 10.9 Å². The molecule has 2 saturated heterocycles. The topological polar surface area (TPSA) is 77.7 Å². The second-order valence-electron chi connectivity index (χ2n) is 10.2. The van der Waals surface area contributed by atoms with Gasteiger partial charge in [-0.25, -0.2) is 0 Å². The Morgan fingerprint density at radius 3 is 2.44 bits per heavy atom. The molecule has 2 aliphatic heterocycles. The number of aromatic amines is 1. The van der Waals surface area contributed by atoms with Gasteiger partial charge >= 0.3 is 0 Å². The van der Waals surface area contributed by atoms with Gasteiger partial charge in [-0.05, 0) is 50.3 Å². The molecule has 1 amide bonds. The van der Waals surface area contributed by atoms with Crippen LogP contribution in [0.15, 0.2) is 16.9 Å². The van der Waals surface area contributed by atoms with Crippen molar-refractivity contribution in [2.45, 2.75) is 71.4 Å². The second-order valence-corrected chi connectivity index (χ2v) is 10.2. The van der Waals surface area contributed by atoms with Crippen molar-refractivity contribution in [3.63, 3.8) is 0 Å². The summed E-state index contributed by atoms with van der Waals surface area (Å²) in [6, 6.07) is 4.59. The van der Waals surface area contributed by atoms with Crippen molar-refractivity contribution in [2.24, 2.45) is 0 Å². The first-order valence-corrected chi connectivity index (χ1v) is 13.5. The number of nitrogens with one attached hydrogen (secondary N) is 2. The molecular weight excluding hydrogens is 452 g/mol. The van der Waals surface area contributed by atoms with Gasteiger partial charge in [0.2, 0.25) is 0 Å². The first-order chi connectivity index (χ1) is 17.5. The Hall–Kier alpha value is -2.82. The van der Waals surface area contributed by atoms with E-state index in [-0.39, 0.29) is 23.1 Å². The van der Waals surface area contributed by atoms with E-state index in [1.807, 2.05) is 24.0 Å². The first-order valence-electron chi connectivity index (χ1n) is 13.5. The second kappa shape index (κ2) is 11.9. The van der Waals surface area contributed by atoms with Gasteiger partial charge in [0.05, 0.1) is 11.2 Å². The fourth-order valence-electron chi connectivity index (χ4n) is 5.65. The molecular formula is C29H40N4O3. The van der Waals surface area contributed by atoms with Gasteiger partial charge in [-0.1, -0.05) is 32.6 Å². The number of amides is 1. The lowest BCUT2D eigenvalue weighted by Crippen LogP contribution is -2.52. The van der Waals surface area contributed by atoms with Crippen molar-refractivity contribution in [3.8, 4) is 12.3 Å². The molecule has 0 saturated carbocycles. The van der Waals surface area contributed by atoms with Crippen molar-refractivity contribution in [1.29, 1.82) is 0 Å². The molecule has 0 radical (unpaired) electrons. The molecule has 2 aliphatic rings. The Labute approximate surface area is 214 Å². The number of aromatic nitrogens is 1. The van der Waals surface area contributed by atoms with E-state index in [1.165, 1.54) is 25.7 Å². The highest BCUT2D eigenvalue weighted by atomic mass is 16.5. The Kier molecular flexibility index (Phi) is 8.71. The zero-order chi connectivity index (χ0) is 25.7. The van der Waals surface area contributed by atoms with Gasteiger partial charge in [-0.2, -0.15) is 0 Å². The number of anilines is 1. The van der Waals surface area contributed by atoms with Crippen molar-refractivity contribution >= 4 is 22.5 Å². The number of ether oxygens (including phenoxy) is 1. The lowest BCUT2D eigenvalue weighted by Gasteiger charge is -2.39. The van der Waals surface area contributed by atoms with E-state index in [0.717, 1.165) is 50.0 Å². The average molecular weight is 493 g/mol. The Balaban J connectivity index is 1.61. The quantitative estimate of drug-likeness (QED) is 0.542. The minimum absolute atomic E-state index is 0.0436. The van der Waals surface area contributed by atoms with Crippen molar-refractivity contribution in [2.75, 3.05) is 44.7 Å². The molecule has 2 aromatic rings. The summed E-state index contributed by atoms with van der Waals surface area (Å²) >= 11 is 0. The van der Waals surface area contributed by atoms with Gasteiger partial charge in [0, 0.05) is 62.4 Å². The molecule has 0 unspecified atom stereocenters. The van der Waals surface area contributed by atoms with Gasteiger partial charge in [-0.15, -0.1) is 6.42 Å². The highest BCUT2D eigenvalue weighted by molar-refractivity contribution is 6.03. The summed E-state index contributed by atoms with van der Waals surface area (Å²) in [6.45, 7) is 11.1. The maximum absolute atomic E-state index is 13.7. The summed E-state index contributed by atoms with van der Waals surface area (Å²) < 4.78 is 5.49. The summed E-state index contributed by atoms with van der Waals surface area (Å²) in [7, 11) is 0. The molecule has 2 fully saturated rings. The number of piperazine rings is 1. The van der Waals surface area contributed by atoms with E-state index >= 15 is 0 Å². The van der Waals surface area contributed by atoms with E-state index in [4.69, 9.17) is 11.2 Å². The van der Waals surface area contributed by atoms with Crippen LogP contribution >= 0.6 is 0 Å².